The molecular weight excluding hydrogens is 658 g/mol. The molecule has 1 aliphatic rings. The van der Waals surface area contributed by atoms with Crippen LogP contribution >= 0.6 is 23.4 Å². The number of alkyl halides is 6. The molecule has 1 saturated heterocycles. The van der Waals surface area contributed by atoms with Crippen LogP contribution < -0.4 is 4.90 Å². The summed E-state index contributed by atoms with van der Waals surface area (Å²) >= 11 is 8.18. The molecule has 4 aromatic rings. The first-order chi connectivity index (χ1) is 20.9. The van der Waals surface area contributed by atoms with Gasteiger partial charge < -0.3 is 25.0 Å². The van der Waals surface area contributed by atoms with Crippen molar-refractivity contribution in [1.29, 1.82) is 0 Å². The van der Waals surface area contributed by atoms with Gasteiger partial charge >= 0.3 is 24.3 Å². The van der Waals surface area contributed by atoms with E-state index in [1.54, 1.807) is 18.6 Å². The van der Waals surface area contributed by atoms with Gasteiger partial charge in [0.1, 0.15) is 17.0 Å². The Labute approximate surface area is 259 Å². The van der Waals surface area contributed by atoms with E-state index in [0.29, 0.717) is 16.7 Å². The number of hydrogen-bond donors (Lipinski definition) is 3. The number of anilines is 1. The van der Waals surface area contributed by atoms with Crippen molar-refractivity contribution < 1.29 is 46.1 Å². The number of aromatic amines is 1. The van der Waals surface area contributed by atoms with Gasteiger partial charge in [0, 0.05) is 54.7 Å². The predicted molar refractivity (Wildman–Crippen MR) is 151 cm³/mol. The van der Waals surface area contributed by atoms with Gasteiger partial charge in [0.2, 0.25) is 0 Å². The Morgan fingerprint density at radius 3 is 2.16 bits per heavy atom. The standard InChI is InChI=1S/C21H23ClN8S.2C2HF3O2/c1-4-14-17(22)16-19(26-14)27-21(28-20(16)30-10-12(11-30)9-29(2)3)31-13-7-15-18(25-8-13)24-6-5-23-15;2*3-2(4,5)1(6)7/h5-8,12H,4,9-11H2,1-3H3,(H,26,27,28);2*(H,6,7). The lowest BCUT2D eigenvalue weighted by atomic mass is 9.99. The zero-order valence-electron chi connectivity index (χ0n) is 23.6. The minimum absolute atomic E-state index is 0.625. The van der Waals surface area contributed by atoms with Crippen LogP contribution in [0.25, 0.3) is 22.2 Å². The van der Waals surface area contributed by atoms with Crippen LogP contribution in [0.4, 0.5) is 32.2 Å². The van der Waals surface area contributed by atoms with E-state index in [2.05, 4.69) is 50.8 Å². The van der Waals surface area contributed by atoms with E-state index >= 15 is 0 Å². The maximum absolute atomic E-state index is 10.6. The number of H-pyrrole nitrogens is 1. The van der Waals surface area contributed by atoms with E-state index < -0.39 is 24.3 Å². The van der Waals surface area contributed by atoms with E-state index in [0.717, 1.165) is 64.0 Å². The van der Waals surface area contributed by atoms with Crippen molar-refractivity contribution in [1.82, 2.24) is 34.8 Å². The number of pyridine rings is 1. The molecule has 0 atom stereocenters. The second kappa shape index (κ2) is 14.4. The number of nitrogens with one attached hydrogen (secondary N) is 1. The molecule has 244 valence electrons. The molecule has 0 aromatic carbocycles. The maximum atomic E-state index is 10.6. The molecule has 0 bridgehead atoms. The Bertz CT molecular complexity index is 1640. The zero-order chi connectivity index (χ0) is 33.7. The fourth-order valence-corrected chi connectivity index (χ4v) is 5.07. The van der Waals surface area contributed by atoms with Crippen LogP contribution in [0.2, 0.25) is 5.02 Å². The van der Waals surface area contributed by atoms with Crippen LogP contribution in [0.1, 0.15) is 12.6 Å². The highest BCUT2D eigenvalue weighted by Crippen LogP contribution is 2.38. The molecule has 45 heavy (non-hydrogen) atoms. The Kier molecular flexibility index (Phi) is 11.4. The van der Waals surface area contributed by atoms with Crippen molar-refractivity contribution in [2.75, 3.05) is 38.6 Å². The second-order valence-corrected chi connectivity index (χ2v) is 11.1. The van der Waals surface area contributed by atoms with Gasteiger partial charge in [0.05, 0.1) is 10.4 Å². The van der Waals surface area contributed by atoms with Gasteiger partial charge in [0.15, 0.2) is 10.8 Å². The molecule has 0 unspecified atom stereocenters. The van der Waals surface area contributed by atoms with Crippen LogP contribution in [0.5, 0.6) is 0 Å². The number of nitrogens with zero attached hydrogens (tertiary/aromatic N) is 7. The van der Waals surface area contributed by atoms with Crippen LogP contribution in [0.15, 0.2) is 34.7 Å². The van der Waals surface area contributed by atoms with E-state index in [9.17, 15) is 26.3 Å². The van der Waals surface area contributed by atoms with E-state index in [1.807, 2.05) is 6.07 Å². The molecule has 0 aliphatic carbocycles. The highest BCUT2D eigenvalue weighted by Gasteiger charge is 2.39. The first-order valence-corrected chi connectivity index (χ1v) is 13.9. The Balaban J connectivity index is 0.000000331. The maximum Gasteiger partial charge on any atom is 0.490 e. The topological polar surface area (TPSA) is 161 Å². The third kappa shape index (κ3) is 9.51. The van der Waals surface area contributed by atoms with Crippen LogP contribution in [0.3, 0.4) is 0 Å². The minimum atomic E-state index is -5.08. The van der Waals surface area contributed by atoms with Crippen molar-refractivity contribution in [2.24, 2.45) is 5.92 Å². The number of aliphatic carboxylic acids is 2. The lowest BCUT2D eigenvalue weighted by Crippen LogP contribution is -2.51. The van der Waals surface area contributed by atoms with E-state index in [1.165, 1.54) is 11.8 Å². The van der Waals surface area contributed by atoms with Gasteiger partial charge in [-0.25, -0.2) is 29.5 Å². The van der Waals surface area contributed by atoms with Crippen molar-refractivity contribution >= 4 is 63.3 Å². The summed E-state index contributed by atoms with van der Waals surface area (Å²) in [6.45, 7) is 5.07. The van der Waals surface area contributed by atoms with Gasteiger partial charge in [0.25, 0.3) is 0 Å². The van der Waals surface area contributed by atoms with Gasteiger partial charge in [-0.3, -0.25) is 4.98 Å². The van der Waals surface area contributed by atoms with Gasteiger partial charge in [-0.2, -0.15) is 26.3 Å². The third-order valence-electron chi connectivity index (χ3n) is 5.85. The van der Waals surface area contributed by atoms with Crippen molar-refractivity contribution in [3.05, 3.63) is 35.4 Å². The summed E-state index contributed by atoms with van der Waals surface area (Å²) in [6, 6.07) is 1.96. The van der Waals surface area contributed by atoms with Crippen LogP contribution in [-0.4, -0.2) is 103 Å². The molecule has 12 nitrogen and oxygen atoms in total. The molecule has 0 saturated carbocycles. The predicted octanol–water partition coefficient (Wildman–Crippen LogP) is 4.93. The highest BCUT2D eigenvalue weighted by molar-refractivity contribution is 7.99. The molecule has 0 amide bonds. The molecule has 0 radical (unpaired) electrons. The molecule has 5 heterocycles. The normalized spacial score (nSPS) is 13.6. The summed E-state index contributed by atoms with van der Waals surface area (Å²) in [6.07, 6.45) is -4.26. The summed E-state index contributed by atoms with van der Waals surface area (Å²) < 4.78 is 63.5. The summed E-state index contributed by atoms with van der Waals surface area (Å²) in [4.78, 5) is 49.3. The Morgan fingerprint density at radius 1 is 1.04 bits per heavy atom. The summed E-state index contributed by atoms with van der Waals surface area (Å²) in [5.41, 5.74) is 3.14. The lowest BCUT2D eigenvalue weighted by Gasteiger charge is -2.41. The summed E-state index contributed by atoms with van der Waals surface area (Å²) in [5.74, 6) is -3.99. The Hall–Kier alpha value is -3.97. The number of rotatable bonds is 6. The van der Waals surface area contributed by atoms with Crippen molar-refractivity contribution in [2.45, 2.75) is 35.7 Å². The second-order valence-electron chi connectivity index (χ2n) is 9.64. The largest absolute Gasteiger partial charge is 0.490 e. The quantitative estimate of drug-likeness (QED) is 0.186. The molecule has 20 heteroatoms. The van der Waals surface area contributed by atoms with Gasteiger partial charge in [-0.05, 0) is 38.3 Å². The first kappa shape index (κ1) is 35.5. The number of carboxylic acids is 2. The Morgan fingerprint density at radius 2 is 1.62 bits per heavy atom. The molecule has 3 N–H and O–H groups in total. The number of hydrogen-bond acceptors (Lipinski definition) is 10. The number of carbonyl (C=O) groups is 2. The molecular formula is C25H25ClF6N8O4S. The molecule has 1 fully saturated rings. The average Bonchev–Trinajstić information content (AvgIpc) is 3.25. The van der Waals surface area contributed by atoms with Crippen molar-refractivity contribution in [3.63, 3.8) is 0 Å². The molecule has 4 aromatic heterocycles. The highest BCUT2D eigenvalue weighted by atomic mass is 35.5. The number of fused-ring (bicyclic) bond motifs is 2. The number of carboxylic acid groups (broad SMARTS) is 2. The fourth-order valence-electron chi connectivity index (χ4n) is 3.96. The van der Waals surface area contributed by atoms with E-state index in [-0.39, 0.29) is 0 Å². The number of aromatic nitrogens is 6. The summed E-state index contributed by atoms with van der Waals surface area (Å²) in [7, 11) is 4.22. The van der Waals surface area contributed by atoms with E-state index in [4.69, 9.17) is 41.4 Å². The molecule has 5 rings (SSSR count). The van der Waals surface area contributed by atoms with Crippen LogP contribution in [0, 0.1) is 5.92 Å². The fraction of sp³-hybridized carbons (Fsp3) is 0.400. The van der Waals surface area contributed by atoms with Gasteiger partial charge in [-0.1, -0.05) is 18.5 Å². The monoisotopic (exact) mass is 682 g/mol. The SMILES string of the molecule is CCc1[nH]c2nc(Sc3cnc4nccnc4c3)nc(N3CC(CN(C)C)C3)c2c1Cl.O=C(O)C(F)(F)F.O=C(O)C(F)(F)F. The smallest absolute Gasteiger partial charge is 0.475 e. The minimum Gasteiger partial charge on any atom is -0.475 e. The first-order valence-electron chi connectivity index (χ1n) is 12.7. The number of aryl methyl sites for hydroxylation is 1. The van der Waals surface area contributed by atoms with Crippen LogP contribution in [-0.2, 0) is 16.0 Å². The molecule has 0 spiro atoms. The van der Waals surface area contributed by atoms with Gasteiger partial charge in [-0.15, -0.1) is 0 Å². The number of halogens is 7. The summed E-state index contributed by atoms with van der Waals surface area (Å²) in [5, 5.41) is 16.5. The van der Waals surface area contributed by atoms with Crippen molar-refractivity contribution in [3.8, 4) is 0 Å². The third-order valence-corrected chi connectivity index (χ3v) is 7.09. The lowest BCUT2D eigenvalue weighted by molar-refractivity contribution is -0.193. The average molecular weight is 683 g/mol. The molecule has 1 aliphatic heterocycles. The zero-order valence-corrected chi connectivity index (χ0v) is 25.2.